The lowest BCUT2D eigenvalue weighted by Gasteiger charge is -2.35. The molecule has 0 aromatic carbocycles. The van der Waals surface area contributed by atoms with Gasteiger partial charge in [0.2, 0.25) is 5.91 Å². The topological polar surface area (TPSA) is 147 Å². The summed E-state index contributed by atoms with van der Waals surface area (Å²) < 4.78 is 0. The number of amides is 3. The van der Waals surface area contributed by atoms with E-state index >= 15 is 0 Å². The number of hydrogen-bond donors (Lipinski definition) is 3. The number of hydroxylamine groups is 5. The molecule has 0 radical (unpaired) electrons. The predicted molar refractivity (Wildman–Crippen MR) is 239 cm³/mol. The average molecular weight is 833 g/mol. The van der Waals surface area contributed by atoms with Crippen LogP contribution in [0.5, 0.6) is 0 Å². The summed E-state index contributed by atoms with van der Waals surface area (Å²) in [5.41, 5.74) is 12.2. The third kappa shape index (κ3) is 16.6. The molecule has 4 unspecified atom stereocenters. The highest BCUT2D eigenvalue weighted by molar-refractivity contribution is 5.83. The van der Waals surface area contributed by atoms with Crippen molar-refractivity contribution in [1.29, 1.82) is 0 Å². The molecule has 3 N–H and O–H groups in total. The van der Waals surface area contributed by atoms with Crippen LogP contribution in [0.25, 0.3) is 0 Å². The highest BCUT2D eigenvalue weighted by Crippen LogP contribution is 2.42. The van der Waals surface area contributed by atoms with Gasteiger partial charge in [-0.1, -0.05) is 65.4 Å². The maximum absolute atomic E-state index is 12.1. The summed E-state index contributed by atoms with van der Waals surface area (Å²) in [6.45, 7) is 24.9. The van der Waals surface area contributed by atoms with Crippen LogP contribution in [0.1, 0.15) is 160 Å². The third-order valence-corrected chi connectivity index (χ3v) is 13.4. The van der Waals surface area contributed by atoms with Gasteiger partial charge < -0.3 is 15.3 Å². The fourth-order valence-electron chi connectivity index (χ4n) is 7.97. The van der Waals surface area contributed by atoms with Crippen molar-refractivity contribution in [2.24, 2.45) is 21.7 Å². The number of carboxylic acid groups (broad SMARTS) is 1. The van der Waals surface area contributed by atoms with E-state index in [0.29, 0.717) is 6.42 Å². The van der Waals surface area contributed by atoms with E-state index in [1.807, 2.05) is 27.7 Å². The van der Waals surface area contributed by atoms with E-state index in [4.69, 9.17) is 14.8 Å². The molecule has 0 fully saturated rings. The Hall–Kier alpha value is -3.32. The number of nitrogens with one attached hydrogen (secondary N) is 2. The van der Waals surface area contributed by atoms with Crippen molar-refractivity contribution in [3.8, 4) is 0 Å². The number of carbonyl (C=O) groups is 4. The zero-order valence-corrected chi connectivity index (χ0v) is 40.7. The van der Waals surface area contributed by atoms with E-state index < -0.39 is 11.4 Å². The normalized spacial score (nSPS) is 26.7. The molecule has 4 aliphatic carbocycles. The molecular weight excluding hydrogens is 749 g/mol. The second-order valence-corrected chi connectivity index (χ2v) is 18.5. The summed E-state index contributed by atoms with van der Waals surface area (Å²) in [6, 6.07) is 0. The standard InChI is InChI=1S/2C12H21NO2.C11H19NO.C10H16O2.C2H7NO/c2*1-9-6-7-12(3,8-10(9)2)11(14)13(4)15-5;1-8-5-6-11(3,7-9(8)2)10(13)12-4;1-7-4-5-10(3,9(11)12)6-8(7)2;1-3-4-2/h2*6-8H2,1-5H3;5-7H2,1-4H3,(H,12,13);4-6H2,1-3H3,(H,11,12);3H,1-2H3. The summed E-state index contributed by atoms with van der Waals surface area (Å²) in [4.78, 5) is 60.9. The van der Waals surface area contributed by atoms with Gasteiger partial charge >= 0.3 is 5.97 Å². The van der Waals surface area contributed by atoms with Crippen LogP contribution in [-0.2, 0) is 33.7 Å². The molecule has 59 heavy (non-hydrogen) atoms. The number of nitrogens with zero attached hydrogens (tertiary/aromatic N) is 2. The minimum atomic E-state index is -0.658. The van der Waals surface area contributed by atoms with Gasteiger partial charge in [0.05, 0.1) is 43.0 Å². The summed E-state index contributed by atoms with van der Waals surface area (Å²) in [5.74, 6) is -0.317. The lowest BCUT2D eigenvalue weighted by molar-refractivity contribution is -0.180. The molecule has 3 amide bonds. The molecule has 0 aliphatic heterocycles. The lowest BCUT2D eigenvalue weighted by Crippen LogP contribution is -2.41. The Balaban J connectivity index is 0.000000739. The molecule has 4 aliphatic rings. The Bertz CT molecular complexity index is 1520. The summed E-state index contributed by atoms with van der Waals surface area (Å²) in [6.07, 6.45) is 11.0. The van der Waals surface area contributed by atoms with Crippen molar-refractivity contribution in [1.82, 2.24) is 20.9 Å². The molecular formula is C47H84N4O8. The van der Waals surface area contributed by atoms with Crippen LogP contribution in [-0.4, -0.2) is 88.4 Å². The van der Waals surface area contributed by atoms with Crippen molar-refractivity contribution in [2.45, 2.75) is 160 Å². The minimum absolute atomic E-state index is 0.0804. The van der Waals surface area contributed by atoms with Gasteiger partial charge in [-0.2, -0.15) is 0 Å². The van der Waals surface area contributed by atoms with E-state index in [-0.39, 0.29) is 34.0 Å². The molecule has 0 spiro atoms. The summed E-state index contributed by atoms with van der Waals surface area (Å²) in [5, 5.41) is 14.4. The Morgan fingerprint density at radius 1 is 0.508 bits per heavy atom. The highest BCUT2D eigenvalue weighted by Gasteiger charge is 2.40. The summed E-state index contributed by atoms with van der Waals surface area (Å²) >= 11 is 0. The molecule has 0 heterocycles. The predicted octanol–water partition coefficient (Wildman–Crippen LogP) is 9.69. The quantitative estimate of drug-likeness (QED) is 0.169. The Kier molecular flexibility index (Phi) is 23.4. The lowest BCUT2D eigenvalue weighted by atomic mass is 9.73. The van der Waals surface area contributed by atoms with E-state index in [0.717, 1.165) is 70.6 Å². The van der Waals surface area contributed by atoms with Gasteiger partial charge in [0, 0.05) is 28.2 Å². The van der Waals surface area contributed by atoms with Gasteiger partial charge in [-0.25, -0.2) is 15.6 Å². The molecule has 340 valence electrons. The second kappa shape index (κ2) is 24.8. The number of rotatable bonds is 7. The minimum Gasteiger partial charge on any atom is -0.481 e. The molecule has 12 nitrogen and oxygen atoms in total. The van der Waals surface area contributed by atoms with E-state index in [9.17, 15) is 19.2 Å². The van der Waals surface area contributed by atoms with Gasteiger partial charge in [-0.3, -0.25) is 28.9 Å². The van der Waals surface area contributed by atoms with Crippen LogP contribution in [0.2, 0.25) is 0 Å². The van der Waals surface area contributed by atoms with E-state index in [1.165, 1.54) is 68.9 Å². The van der Waals surface area contributed by atoms with Crippen molar-refractivity contribution in [3.05, 3.63) is 44.6 Å². The first-order valence-corrected chi connectivity index (χ1v) is 21.1. The number of allylic oxidation sites excluding steroid dienone is 8. The van der Waals surface area contributed by atoms with Gasteiger partial charge in [0.15, 0.2) is 0 Å². The third-order valence-electron chi connectivity index (χ3n) is 13.4. The van der Waals surface area contributed by atoms with E-state index in [2.05, 4.69) is 71.0 Å². The maximum atomic E-state index is 12.1. The molecule has 4 atom stereocenters. The number of aliphatic carboxylic acids is 1. The van der Waals surface area contributed by atoms with Crippen LogP contribution < -0.4 is 10.8 Å². The molecule has 0 saturated carbocycles. The molecule has 0 aromatic heterocycles. The maximum Gasteiger partial charge on any atom is 0.309 e. The van der Waals surface area contributed by atoms with Crippen molar-refractivity contribution < 1.29 is 38.8 Å². The monoisotopic (exact) mass is 833 g/mol. The second-order valence-electron chi connectivity index (χ2n) is 18.5. The van der Waals surface area contributed by atoms with Crippen molar-refractivity contribution in [3.63, 3.8) is 0 Å². The first kappa shape index (κ1) is 55.7. The van der Waals surface area contributed by atoms with E-state index in [1.54, 1.807) is 35.3 Å². The first-order chi connectivity index (χ1) is 27.2. The Morgan fingerprint density at radius 3 is 1.00 bits per heavy atom. The van der Waals surface area contributed by atoms with Gasteiger partial charge in [0.1, 0.15) is 0 Å². The van der Waals surface area contributed by atoms with Crippen LogP contribution in [0.3, 0.4) is 0 Å². The van der Waals surface area contributed by atoms with Gasteiger partial charge in [-0.15, -0.1) is 0 Å². The van der Waals surface area contributed by atoms with Crippen molar-refractivity contribution >= 4 is 23.7 Å². The first-order valence-electron chi connectivity index (χ1n) is 21.1. The largest absolute Gasteiger partial charge is 0.481 e. The Morgan fingerprint density at radius 2 is 0.763 bits per heavy atom. The van der Waals surface area contributed by atoms with Crippen molar-refractivity contribution in [2.75, 3.05) is 49.5 Å². The highest BCUT2D eigenvalue weighted by atomic mass is 16.7. The molecule has 4 rings (SSSR count). The van der Waals surface area contributed by atoms with Gasteiger partial charge in [0.25, 0.3) is 11.8 Å². The van der Waals surface area contributed by atoms with Crippen LogP contribution in [0.4, 0.5) is 0 Å². The zero-order chi connectivity index (χ0) is 46.1. The molecule has 12 heteroatoms. The zero-order valence-electron chi connectivity index (χ0n) is 40.7. The van der Waals surface area contributed by atoms with Crippen LogP contribution >= 0.6 is 0 Å². The number of hydrogen-bond acceptors (Lipinski definition) is 8. The van der Waals surface area contributed by atoms with Gasteiger partial charge in [-0.05, 0) is 139 Å². The summed E-state index contributed by atoms with van der Waals surface area (Å²) in [7, 11) is 11.4. The fraction of sp³-hybridized carbons (Fsp3) is 0.745. The molecule has 0 saturated heterocycles. The van der Waals surface area contributed by atoms with Crippen LogP contribution in [0.15, 0.2) is 44.6 Å². The number of carbonyl (C=O) groups excluding carboxylic acids is 3. The number of carboxylic acids is 1. The van der Waals surface area contributed by atoms with Crippen LogP contribution in [0, 0.1) is 21.7 Å². The molecule has 0 aromatic rings. The molecule has 0 bridgehead atoms. The smallest absolute Gasteiger partial charge is 0.309 e. The Labute approximate surface area is 358 Å². The fourth-order valence-corrected chi connectivity index (χ4v) is 7.97. The SMILES string of the molecule is CC1=C(C)CC(C)(C(=O)O)CC1.CNC(=O)C1(C)CCC(C)=C(C)C1.CNOC.CON(C)C(=O)C1(C)CCC(C)=C(C)C1.CON(C)C(=O)C1(C)CCC(C)=C(C)C1. The average Bonchev–Trinajstić information content (AvgIpc) is 3.20.